The number of aliphatic imine (C=N–C) groups is 1. The van der Waals surface area contributed by atoms with E-state index in [2.05, 4.69) is 0 Å². The zero-order valence-corrected chi connectivity index (χ0v) is 19.0. The molecular weight excluding hydrogens is 419 g/mol. The summed E-state index contributed by atoms with van der Waals surface area (Å²) in [6.45, 7) is 3.99. The molecule has 0 aromatic heterocycles. The number of aliphatic hydroxyl groups is 1. The van der Waals surface area contributed by atoms with Crippen LogP contribution in [0.15, 0.2) is 70.6 Å². The molecule has 1 aromatic rings. The van der Waals surface area contributed by atoms with Crippen molar-refractivity contribution in [2.45, 2.75) is 45.6 Å². The molecule has 6 heteroatoms. The Bertz CT molecular complexity index is 1110. The monoisotopic (exact) mass is 450 g/mol. The van der Waals surface area contributed by atoms with Crippen molar-refractivity contribution < 1.29 is 19.4 Å². The van der Waals surface area contributed by atoms with Crippen molar-refractivity contribution in [3.63, 3.8) is 0 Å². The summed E-state index contributed by atoms with van der Waals surface area (Å²) in [5, 5.41) is 21.2. The molecule has 5 rings (SSSR count). The van der Waals surface area contributed by atoms with E-state index in [0.29, 0.717) is 30.5 Å². The average molecular weight is 451 g/mol. The number of halogens is 1. The van der Waals surface area contributed by atoms with Crippen LogP contribution in [0.4, 0.5) is 10.1 Å². The number of rotatable bonds is 2. The molecule has 4 aliphatic carbocycles. The van der Waals surface area contributed by atoms with E-state index in [0.717, 1.165) is 17.7 Å². The van der Waals surface area contributed by atoms with Gasteiger partial charge in [0.1, 0.15) is 5.83 Å². The molecule has 7 unspecified atom stereocenters. The fourth-order valence-corrected chi connectivity index (χ4v) is 7.51. The zero-order valence-electron chi connectivity index (χ0n) is 19.0. The Labute approximate surface area is 193 Å². The van der Waals surface area contributed by atoms with Crippen LogP contribution >= 0.6 is 0 Å². The van der Waals surface area contributed by atoms with Gasteiger partial charge in [-0.2, -0.15) is 0 Å². The summed E-state index contributed by atoms with van der Waals surface area (Å²) in [5.41, 5.74) is 7.62. The first-order chi connectivity index (χ1) is 15.7. The molecule has 0 aliphatic heterocycles. The van der Waals surface area contributed by atoms with Gasteiger partial charge >= 0.3 is 5.97 Å². The van der Waals surface area contributed by atoms with Gasteiger partial charge in [-0.25, -0.2) is 9.38 Å². The number of carboxylic acid groups (broad SMARTS) is 1. The zero-order chi connectivity index (χ0) is 23.5. The first-order valence-corrected chi connectivity index (χ1v) is 11.7. The number of nitrogens with two attached hydrogens (primary N) is 1. The van der Waals surface area contributed by atoms with E-state index in [1.54, 1.807) is 18.4 Å². The minimum Gasteiger partial charge on any atom is -0.481 e. The second-order valence-corrected chi connectivity index (χ2v) is 10.6. The maximum atomic E-state index is 15.7. The standard InChI is InChI=1S/C27H31FN2O3/c1-26-13-23(31)24-17(18(26)8-9-19(26)25(32)33)10-21(28)20-11-22(15(14-29)12-27(20,24)2)30-16-6-4-3-5-7-16/h3-7,10-11,14,17-19,23-24,31H,8-9,12-13,29H2,1-2H3,(H,32,33). The maximum Gasteiger partial charge on any atom is 0.307 e. The first-order valence-electron chi connectivity index (χ1n) is 11.7. The smallest absolute Gasteiger partial charge is 0.307 e. The molecule has 7 atom stereocenters. The van der Waals surface area contributed by atoms with Crippen LogP contribution in [0.2, 0.25) is 0 Å². The number of aliphatic hydroxyl groups excluding tert-OH is 1. The summed E-state index contributed by atoms with van der Waals surface area (Å²) in [5.74, 6) is -1.99. The summed E-state index contributed by atoms with van der Waals surface area (Å²) in [4.78, 5) is 16.7. The minimum absolute atomic E-state index is 0.0285. The third-order valence-electron chi connectivity index (χ3n) is 8.97. The molecule has 0 heterocycles. The van der Waals surface area contributed by atoms with Crippen molar-refractivity contribution in [1.29, 1.82) is 0 Å². The molecule has 33 heavy (non-hydrogen) atoms. The third-order valence-corrected chi connectivity index (χ3v) is 8.97. The van der Waals surface area contributed by atoms with Crippen molar-refractivity contribution in [2.75, 3.05) is 0 Å². The second kappa shape index (κ2) is 7.66. The molecule has 0 radical (unpaired) electrons. The summed E-state index contributed by atoms with van der Waals surface area (Å²) in [6.07, 6.45) is 6.47. The molecule has 5 nitrogen and oxygen atoms in total. The Morgan fingerprint density at radius 1 is 1.24 bits per heavy atom. The number of hydrogen-bond acceptors (Lipinski definition) is 4. The molecule has 2 fully saturated rings. The third kappa shape index (κ3) is 3.22. The van der Waals surface area contributed by atoms with Crippen LogP contribution < -0.4 is 5.73 Å². The lowest BCUT2D eigenvalue weighted by molar-refractivity contribution is -0.152. The Balaban J connectivity index is 1.61. The molecule has 2 saturated carbocycles. The van der Waals surface area contributed by atoms with E-state index in [1.807, 2.05) is 44.2 Å². The van der Waals surface area contributed by atoms with E-state index in [9.17, 15) is 15.0 Å². The van der Waals surface area contributed by atoms with E-state index in [1.165, 1.54) is 0 Å². The normalized spacial score (nSPS) is 42.2. The average Bonchev–Trinajstić information content (AvgIpc) is 3.11. The molecule has 0 bridgehead atoms. The SMILES string of the molecule is CC12CC(=CN)C(=Nc3ccccc3)C=C1C(F)=CC1C2C(O)CC2(C)C(C(=O)O)CCC12. The lowest BCUT2D eigenvalue weighted by Gasteiger charge is -2.58. The van der Waals surface area contributed by atoms with Gasteiger partial charge in [-0.1, -0.05) is 32.0 Å². The number of allylic oxidation sites excluding steroid dienone is 5. The topological polar surface area (TPSA) is 95.9 Å². The summed E-state index contributed by atoms with van der Waals surface area (Å²) >= 11 is 0. The second-order valence-electron chi connectivity index (χ2n) is 10.6. The van der Waals surface area contributed by atoms with Crippen LogP contribution in [-0.4, -0.2) is 28.0 Å². The largest absolute Gasteiger partial charge is 0.481 e. The van der Waals surface area contributed by atoms with E-state index in [4.69, 9.17) is 10.7 Å². The van der Waals surface area contributed by atoms with Crippen molar-refractivity contribution in [3.8, 4) is 0 Å². The van der Waals surface area contributed by atoms with Gasteiger partial charge < -0.3 is 15.9 Å². The lowest BCUT2D eigenvalue weighted by Crippen LogP contribution is -2.56. The molecule has 4 N–H and O–H groups in total. The highest BCUT2D eigenvalue weighted by Gasteiger charge is 2.63. The van der Waals surface area contributed by atoms with Crippen molar-refractivity contribution in [2.24, 2.45) is 45.2 Å². The maximum absolute atomic E-state index is 15.7. The minimum atomic E-state index is -0.814. The highest BCUT2D eigenvalue weighted by molar-refractivity contribution is 6.11. The summed E-state index contributed by atoms with van der Waals surface area (Å²) in [7, 11) is 0. The van der Waals surface area contributed by atoms with Gasteiger partial charge in [0.2, 0.25) is 0 Å². The first kappa shape index (κ1) is 22.1. The highest BCUT2D eigenvalue weighted by atomic mass is 19.1. The van der Waals surface area contributed by atoms with E-state index < -0.39 is 28.8 Å². The molecule has 0 amide bonds. The van der Waals surface area contributed by atoms with Crippen LogP contribution in [0.25, 0.3) is 0 Å². The number of para-hydroxylation sites is 1. The quantitative estimate of drug-likeness (QED) is 0.596. The van der Waals surface area contributed by atoms with Gasteiger partial charge in [0.15, 0.2) is 0 Å². The van der Waals surface area contributed by atoms with Crippen LogP contribution in [0.3, 0.4) is 0 Å². The number of aliphatic carboxylic acids is 1. The van der Waals surface area contributed by atoms with E-state index >= 15 is 4.39 Å². The number of carbonyl (C=O) groups is 1. The van der Waals surface area contributed by atoms with Gasteiger partial charge in [0.05, 0.1) is 23.4 Å². The number of fused-ring (bicyclic) bond motifs is 5. The van der Waals surface area contributed by atoms with Crippen LogP contribution in [-0.2, 0) is 4.79 Å². The molecule has 0 saturated heterocycles. The van der Waals surface area contributed by atoms with Gasteiger partial charge in [0.25, 0.3) is 0 Å². The number of hydrogen-bond donors (Lipinski definition) is 3. The van der Waals surface area contributed by atoms with Crippen LogP contribution in [0.5, 0.6) is 0 Å². The fourth-order valence-electron chi connectivity index (χ4n) is 7.51. The molecule has 174 valence electrons. The van der Waals surface area contributed by atoms with Crippen LogP contribution in [0.1, 0.15) is 39.5 Å². The predicted molar refractivity (Wildman–Crippen MR) is 125 cm³/mol. The van der Waals surface area contributed by atoms with Crippen molar-refractivity contribution in [1.82, 2.24) is 0 Å². The van der Waals surface area contributed by atoms with Crippen molar-refractivity contribution in [3.05, 3.63) is 65.7 Å². The Kier molecular flexibility index (Phi) is 5.12. The van der Waals surface area contributed by atoms with E-state index in [-0.39, 0.29) is 23.6 Å². The Morgan fingerprint density at radius 2 is 1.97 bits per heavy atom. The number of carboxylic acids is 1. The lowest BCUT2D eigenvalue weighted by atomic mass is 9.47. The van der Waals surface area contributed by atoms with Gasteiger partial charge in [-0.15, -0.1) is 0 Å². The Hall–Kier alpha value is -2.73. The van der Waals surface area contributed by atoms with Crippen LogP contribution in [0, 0.1) is 34.5 Å². The molecule has 1 aromatic carbocycles. The number of benzene rings is 1. The number of nitrogens with zero attached hydrogens (tertiary/aromatic N) is 1. The summed E-state index contributed by atoms with van der Waals surface area (Å²) < 4.78 is 15.7. The predicted octanol–water partition coefficient (Wildman–Crippen LogP) is 4.92. The van der Waals surface area contributed by atoms with Gasteiger partial charge in [0, 0.05) is 11.3 Å². The molecule has 4 aliphatic rings. The van der Waals surface area contributed by atoms with Gasteiger partial charge in [-0.3, -0.25) is 4.79 Å². The molecule has 0 spiro atoms. The highest BCUT2D eigenvalue weighted by Crippen LogP contribution is 2.66. The fraction of sp³-hybridized carbons (Fsp3) is 0.481. The summed E-state index contributed by atoms with van der Waals surface area (Å²) in [6, 6.07) is 9.50. The van der Waals surface area contributed by atoms with Gasteiger partial charge in [-0.05, 0) is 84.6 Å². The molecular formula is C27H31FN2O3. The Morgan fingerprint density at radius 3 is 2.64 bits per heavy atom. The van der Waals surface area contributed by atoms with Crippen molar-refractivity contribution >= 4 is 17.4 Å².